The number of esters is 2. The molecule has 0 fully saturated rings. The molecule has 0 aliphatic carbocycles. The van der Waals surface area contributed by atoms with E-state index in [1.165, 1.54) is 26.4 Å². The van der Waals surface area contributed by atoms with E-state index in [0.29, 0.717) is 0 Å². The molecular weight excluding hydrogens is 397 g/mol. The molecule has 1 aromatic carbocycles. The molecule has 0 radical (unpaired) electrons. The standard InChI is InChI=1S/C15H16Cl3NO6/c1-23-14(21)4-3-11(15(22)24-2)19-13(20)7-25-12-6-9(17)8(16)5-10(12)18/h5-6,11H,3-4,7H2,1-2H3,(H,19,20)/t11-/m0/s1. The second-order valence-corrected chi connectivity index (χ2v) is 5.97. The van der Waals surface area contributed by atoms with Gasteiger partial charge in [-0.15, -0.1) is 0 Å². The Kier molecular flexibility index (Phi) is 8.82. The lowest BCUT2D eigenvalue weighted by Crippen LogP contribution is -2.43. The van der Waals surface area contributed by atoms with Gasteiger partial charge in [0.05, 0.1) is 29.3 Å². The van der Waals surface area contributed by atoms with E-state index in [1.807, 2.05) is 0 Å². The molecule has 0 spiro atoms. The zero-order chi connectivity index (χ0) is 19.0. The average Bonchev–Trinajstić information content (AvgIpc) is 2.59. The van der Waals surface area contributed by atoms with Gasteiger partial charge in [0.1, 0.15) is 11.8 Å². The SMILES string of the molecule is COC(=O)CC[C@H](NC(=O)COc1cc(Cl)c(Cl)cc1Cl)C(=O)OC. The maximum Gasteiger partial charge on any atom is 0.328 e. The number of methoxy groups -OCH3 is 2. The fraction of sp³-hybridized carbons (Fsp3) is 0.400. The summed E-state index contributed by atoms with van der Waals surface area (Å²) >= 11 is 17.6. The van der Waals surface area contributed by atoms with Crippen molar-refractivity contribution in [2.45, 2.75) is 18.9 Å². The molecule has 0 saturated carbocycles. The number of hydrogen-bond donors (Lipinski definition) is 1. The van der Waals surface area contributed by atoms with Crippen LogP contribution in [0.1, 0.15) is 12.8 Å². The summed E-state index contributed by atoms with van der Waals surface area (Å²) in [5.41, 5.74) is 0. The monoisotopic (exact) mass is 411 g/mol. The van der Waals surface area contributed by atoms with Crippen molar-refractivity contribution in [1.29, 1.82) is 0 Å². The second-order valence-electron chi connectivity index (χ2n) is 4.74. The van der Waals surface area contributed by atoms with E-state index in [1.54, 1.807) is 0 Å². The second kappa shape index (κ2) is 10.3. The van der Waals surface area contributed by atoms with Crippen molar-refractivity contribution in [2.75, 3.05) is 20.8 Å². The summed E-state index contributed by atoms with van der Waals surface area (Å²) in [4.78, 5) is 34.8. The van der Waals surface area contributed by atoms with Gasteiger partial charge in [-0.1, -0.05) is 34.8 Å². The van der Waals surface area contributed by atoms with Gasteiger partial charge in [-0.2, -0.15) is 0 Å². The van der Waals surface area contributed by atoms with Crippen LogP contribution in [0.4, 0.5) is 0 Å². The first kappa shape index (κ1) is 21.3. The van der Waals surface area contributed by atoms with Crippen LogP contribution < -0.4 is 10.1 Å². The van der Waals surface area contributed by atoms with Crippen molar-refractivity contribution in [3.05, 3.63) is 27.2 Å². The lowest BCUT2D eigenvalue weighted by molar-refractivity contribution is -0.146. The molecule has 1 amide bonds. The van der Waals surface area contributed by atoms with Gasteiger partial charge < -0.3 is 19.5 Å². The van der Waals surface area contributed by atoms with E-state index in [2.05, 4.69) is 14.8 Å². The number of carbonyl (C=O) groups is 3. The Bertz CT molecular complexity index is 652. The molecule has 7 nitrogen and oxygen atoms in total. The van der Waals surface area contributed by atoms with E-state index in [9.17, 15) is 14.4 Å². The Morgan fingerprint density at radius 3 is 2.28 bits per heavy atom. The Morgan fingerprint density at radius 2 is 1.68 bits per heavy atom. The number of rotatable bonds is 8. The van der Waals surface area contributed by atoms with Crippen LogP contribution in [0.25, 0.3) is 0 Å². The van der Waals surface area contributed by atoms with Gasteiger partial charge in [-0.05, 0) is 12.5 Å². The van der Waals surface area contributed by atoms with Crippen LogP contribution in [0.3, 0.4) is 0 Å². The molecule has 25 heavy (non-hydrogen) atoms. The lowest BCUT2D eigenvalue weighted by Gasteiger charge is -2.16. The quantitative estimate of drug-likeness (QED) is 0.521. The van der Waals surface area contributed by atoms with Crippen LogP contribution in [0.2, 0.25) is 15.1 Å². The Balaban J connectivity index is 2.64. The van der Waals surface area contributed by atoms with Gasteiger partial charge in [0.2, 0.25) is 0 Å². The molecular formula is C15H16Cl3NO6. The van der Waals surface area contributed by atoms with Crippen LogP contribution in [0, 0.1) is 0 Å². The van der Waals surface area contributed by atoms with E-state index >= 15 is 0 Å². The Morgan fingerprint density at radius 1 is 1.04 bits per heavy atom. The molecule has 1 atom stereocenters. The molecule has 0 aliphatic rings. The summed E-state index contributed by atoms with van der Waals surface area (Å²) < 4.78 is 14.3. The first-order valence-corrected chi connectivity index (χ1v) is 8.13. The van der Waals surface area contributed by atoms with Crippen molar-refractivity contribution >= 4 is 52.6 Å². The summed E-state index contributed by atoms with van der Waals surface area (Å²) in [5.74, 6) is -1.65. The third kappa shape index (κ3) is 6.97. The van der Waals surface area contributed by atoms with Gasteiger partial charge in [0, 0.05) is 12.5 Å². The van der Waals surface area contributed by atoms with Crippen LogP contribution in [-0.2, 0) is 23.9 Å². The number of nitrogens with one attached hydrogen (secondary N) is 1. The third-order valence-electron chi connectivity index (χ3n) is 3.02. The van der Waals surface area contributed by atoms with E-state index in [0.717, 1.165) is 0 Å². The molecule has 0 aliphatic heterocycles. The number of carbonyl (C=O) groups excluding carboxylic acids is 3. The predicted molar refractivity (Wildman–Crippen MR) is 92.2 cm³/mol. The molecule has 0 saturated heterocycles. The fourth-order valence-electron chi connectivity index (χ4n) is 1.75. The van der Waals surface area contributed by atoms with Crippen molar-refractivity contribution in [3.8, 4) is 5.75 Å². The van der Waals surface area contributed by atoms with Crippen LogP contribution in [0.5, 0.6) is 5.75 Å². The predicted octanol–water partition coefficient (Wildman–Crippen LogP) is 2.64. The summed E-state index contributed by atoms with van der Waals surface area (Å²) in [6, 6.07) is 1.74. The smallest absolute Gasteiger partial charge is 0.328 e. The highest BCUT2D eigenvalue weighted by atomic mass is 35.5. The van der Waals surface area contributed by atoms with Gasteiger partial charge in [-0.3, -0.25) is 9.59 Å². The van der Waals surface area contributed by atoms with Crippen LogP contribution in [-0.4, -0.2) is 44.7 Å². The average molecular weight is 413 g/mol. The maximum absolute atomic E-state index is 12.0. The van der Waals surface area contributed by atoms with Crippen molar-refractivity contribution in [3.63, 3.8) is 0 Å². The van der Waals surface area contributed by atoms with Crippen molar-refractivity contribution < 1.29 is 28.6 Å². The number of benzene rings is 1. The van der Waals surface area contributed by atoms with E-state index < -0.39 is 30.5 Å². The van der Waals surface area contributed by atoms with Gasteiger partial charge in [0.25, 0.3) is 5.91 Å². The van der Waals surface area contributed by atoms with Crippen molar-refractivity contribution in [1.82, 2.24) is 5.32 Å². The summed E-state index contributed by atoms with van der Waals surface area (Å²) in [6.07, 6.45) is -0.0331. The maximum atomic E-state index is 12.0. The first-order chi connectivity index (χ1) is 11.8. The minimum Gasteiger partial charge on any atom is -0.482 e. The van der Waals surface area contributed by atoms with E-state index in [-0.39, 0.29) is 33.7 Å². The normalized spacial score (nSPS) is 11.4. The first-order valence-electron chi connectivity index (χ1n) is 6.99. The van der Waals surface area contributed by atoms with Gasteiger partial charge in [0.15, 0.2) is 6.61 Å². The molecule has 0 aromatic heterocycles. The highest BCUT2D eigenvalue weighted by Crippen LogP contribution is 2.33. The highest BCUT2D eigenvalue weighted by molar-refractivity contribution is 6.43. The molecule has 0 unspecified atom stereocenters. The summed E-state index contributed by atoms with van der Waals surface area (Å²) in [5, 5.41) is 3.05. The number of hydrogen-bond acceptors (Lipinski definition) is 6. The number of amides is 1. The van der Waals surface area contributed by atoms with Gasteiger partial charge >= 0.3 is 11.9 Å². The zero-order valence-electron chi connectivity index (χ0n) is 13.4. The van der Waals surface area contributed by atoms with E-state index in [4.69, 9.17) is 39.5 Å². The topological polar surface area (TPSA) is 90.9 Å². The largest absolute Gasteiger partial charge is 0.482 e. The Hall–Kier alpha value is -1.70. The zero-order valence-corrected chi connectivity index (χ0v) is 15.7. The molecule has 1 N–H and O–H groups in total. The molecule has 1 rings (SSSR count). The van der Waals surface area contributed by atoms with Crippen molar-refractivity contribution in [2.24, 2.45) is 0 Å². The molecule has 1 aromatic rings. The van der Waals surface area contributed by atoms with Crippen LogP contribution in [0.15, 0.2) is 12.1 Å². The van der Waals surface area contributed by atoms with Gasteiger partial charge in [-0.25, -0.2) is 4.79 Å². The summed E-state index contributed by atoms with van der Waals surface area (Å²) in [7, 11) is 2.40. The molecule has 138 valence electrons. The highest BCUT2D eigenvalue weighted by Gasteiger charge is 2.23. The lowest BCUT2D eigenvalue weighted by atomic mass is 10.1. The number of halogens is 3. The summed E-state index contributed by atoms with van der Waals surface area (Å²) in [6.45, 7) is -0.427. The third-order valence-corrected chi connectivity index (χ3v) is 4.04. The molecule has 10 heteroatoms. The minimum absolute atomic E-state index is 0.0264. The molecule has 0 bridgehead atoms. The number of ether oxygens (including phenoxy) is 3. The molecule has 0 heterocycles. The van der Waals surface area contributed by atoms with Crippen LogP contribution >= 0.6 is 34.8 Å². The fourth-order valence-corrected chi connectivity index (χ4v) is 2.34. The minimum atomic E-state index is -1.01. The Labute approximate surface area is 159 Å².